The van der Waals surface area contributed by atoms with Gasteiger partial charge in [-0.25, -0.2) is 4.98 Å². The number of H-pyrrole nitrogens is 1. The summed E-state index contributed by atoms with van der Waals surface area (Å²) in [6.45, 7) is 4.16. The summed E-state index contributed by atoms with van der Waals surface area (Å²) in [5.41, 5.74) is 4.03. The monoisotopic (exact) mass is 392 g/mol. The molecule has 7 heteroatoms. The van der Waals surface area contributed by atoms with Gasteiger partial charge in [0, 0.05) is 24.1 Å². The average molecular weight is 392 g/mol. The molecule has 0 aliphatic carbocycles. The molecule has 0 fully saturated rings. The number of hydrogen-bond donors (Lipinski definition) is 1. The summed E-state index contributed by atoms with van der Waals surface area (Å²) in [5.74, 6) is 0.368. The standard InChI is InChI=1S/C21H20N4O2S/c1-13-11-16(14(2)25(13)15-7-5-4-6-8-15)21(27)24(3)12-18-22-17-9-10-28-19(17)20(26)23-18/h4-11H,12H2,1-3H3,(H,22,23,26). The van der Waals surface area contributed by atoms with Crippen molar-refractivity contribution in [1.29, 1.82) is 0 Å². The number of aromatic nitrogens is 3. The molecule has 1 aromatic carbocycles. The van der Waals surface area contributed by atoms with E-state index in [4.69, 9.17) is 0 Å². The van der Waals surface area contributed by atoms with E-state index in [0.29, 0.717) is 21.6 Å². The maximum Gasteiger partial charge on any atom is 0.268 e. The predicted octanol–water partition coefficient (Wildman–Crippen LogP) is 3.66. The maximum atomic E-state index is 13.1. The highest BCUT2D eigenvalue weighted by molar-refractivity contribution is 7.17. The van der Waals surface area contributed by atoms with E-state index in [2.05, 4.69) is 14.5 Å². The Morgan fingerprint density at radius 3 is 2.71 bits per heavy atom. The van der Waals surface area contributed by atoms with Crippen molar-refractivity contribution in [2.24, 2.45) is 0 Å². The fourth-order valence-electron chi connectivity index (χ4n) is 3.45. The van der Waals surface area contributed by atoms with E-state index in [1.54, 1.807) is 11.9 Å². The third-order valence-corrected chi connectivity index (χ3v) is 5.68. The van der Waals surface area contributed by atoms with E-state index in [-0.39, 0.29) is 18.0 Å². The molecule has 0 saturated heterocycles. The highest BCUT2D eigenvalue weighted by atomic mass is 32.1. The van der Waals surface area contributed by atoms with Gasteiger partial charge in [-0.15, -0.1) is 11.3 Å². The van der Waals surface area contributed by atoms with Crippen molar-refractivity contribution >= 4 is 27.5 Å². The molecule has 4 aromatic rings. The summed E-state index contributed by atoms with van der Waals surface area (Å²) in [5, 5.41) is 1.84. The number of benzene rings is 1. The molecule has 0 radical (unpaired) electrons. The number of aromatic amines is 1. The number of nitrogens with zero attached hydrogens (tertiary/aromatic N) is 3. The number of fused-ring (bicyclic) bond motifs is 1. The van der Waals surface area contributed by atoms with Crippen molar-refractivity contribution in [2.45, 2.75) is 20.4 Å². The minimum atomic E-state index is -0.168. The van der Waals surface area contributed by atoms with Crippen molar-refractivity contribution in [3.05, 3.63) is 81.0 Å². The largest absolute Gasteiger partial charge is 0.334 e. The van der Waals surface area contributed by atoms with E-state index < -0.39 is 0 Å². The Hall–Kier alpha value is -3.19. The molecule has 6 nitrogen and oxygen atoms in total. The van der Waals surface area contributed by atoms with Crippen molar-refractivity contribution in [2.75, 3.05) is 7.05 Å². The molecular formula is C21H20N4O2S. The topological polar surface area (TPSA) is 71.0 Å². The van der Waals surface area contributed by atoms with E-state index in [1.165, 1.54) is 11.3 Å². The molecule has 0 aliphatic heterocycles. The lowest BCUT2D eigenvalue weighted by Gasteiger charge is -2.17. The van der Waals surface area contributed by atoms with E-state index in [0.717, 1.165) is 17.1 Å². The van der Waals surface area contributed by atoms with Gasteiger partial charge in [0.2, 0.25) is 0 Å². The van der Waals surface area contributed by atoms with Crippen LogP contribution in [0.1, 0.15) is 27.6 Å². The number of carbonyl (C=O) groups excluding carboxylic acids is 1. The second-order valence-corrected chi connectivity index (χ2v) is 7.68. The second kappa shape index (κ2) is 7.09. The lowest BCUT2D eigenvalue weighted by atomic mass is 10.2. The summed E-state index contributed by atoms with van der Waals surface area (Å²) >= 11 is 1.36. The number of rotatable bonds is 4. The van der Waals surface area contributed by atoms with Gasteiger partial charge < -0.3 is 14.5 Å². The van der Waals surface area contributed by atoms with Gasteiger partial charge in [0.1, 0.15) is 10.5 Å². The lowest BCUT2D eigenvalue weighted by molar-refractivity contribution is 0.0781. The van der Waals surface area contributed by atoms with Crippen LogP contribution in [0.5, 0.6) is 0 Å². The highest BCUT2D eigenvalue weighted by Gasteiger charge is 2.20. The number of aryl methyl sites for hydroxylation is 1. The van der Waals surface area contributed by atoms with E-state index in [9.17, 15) is 9.59 Å². The smallest absolute Gasteiger partial charge is 0.268 e. The molecule has 0 unspecified atom stereocenters. The Balaban J connectivity index is 1.63. The summed E-state index contributed by atoms with van der Waals surface area (Å²) in [4.78, 5) is 34.0. The maximum absolute atomic E-state index is 13.1. The lowest BCUT2D eigenvalue weighted by Crippen LogP contribution is -2.28. The number of nitrogens with one attached hydrogen (secondary N) is 1. The van der Waals surface area contributed by atoms with Gasteiger partial charge in [0.05, 0.1) is 17.6 Å². The quantitative estimate of drug-likeness (QED) is 0.576. The van der Waals surface area contributed by atoms with Crippen LogP contribution in [0.25, 0.3) is 15.9 Å². The fourth-order valence-corrected chi connectivity index (χ4v) is 4.18. The summed E-state index contributed by atoms with van der Waals surface area (Å²) in [7, 11) is 1.72. The minimum Gasteiger partial charge on any atom is -0.334 e. The molecule has 0 bridgehead atoms. The molecule has 1 amide bonds. The van der Waals surface area contributed by atoms with Crippen LogP contribution < -0.4 is 5.56 Å². The van der Waals surface area contributed by atoms with Crippen molar-refractivity contribution in [3.8, 4) is 5.69 Å². The number of para-hydroxylation sites is 1. The molecule has 0 spiro atoms. The van der Waals surface area contributed by atoms with Crippen LogP contribution >= 0.6 is 11.3 Å². The predicted molar refractivity (Wildman–Crippen MR) is 111 cm³/mol. The van der Waals surface area contributed by atoms with Gasteiger partial charge >= 0.3 is 0 Å². The Labute approximate surface area is 166 Å². The van der Waals surface area contributed by atoms with Crippen LogP contribution in [0.4, 0.5) is 0 Å². The van der Waals surface area contributed by atoms with Gasteiger partial charge in [-0.05, 0) is 43.5 Å². The summed E-state index contributed by atoms with van der Waals surface area (Å²) < 4.78 is 2.67. The van der Waals surface area contributed by atoms with Crippen molar-refractivity contribution in [1.82, 2.24) is 19.4 Å². The molecule has 0 aliphatic rings. The van der Waals surface area contributed by atoms with Crippen LogP contribution in [-0.2, 0) is 6.54 Å². The first kappa shape index (κ1) is 18.2. The molecule has 0 atom stereocenters. The Kier molecular flexibility index (Phi) is 4.60. The third kappa shape index (κ3) is 3.14. The average Bonchev–Trinajstić information content (AvgIpc) is 3.26. The molecule has 0 saturated carbocycles. The first-order valence-electron chi connectivity index (χ1n) is 8.92. The van der Waals surface area contributed by atoms with Crippen LogP contribution in [0.15, 0.2) is 52.6 Å². The van der Waals surface area contributed by atoms with Crippen molar-refractivity contribution < 1.29 is 4.79 Å². The number of carbonyl (C=O) groups is 1. The van der Waals surface area contributed by atoms with Gasteiger partial charge in [-0.3, -0.25) is 9.59 Å². The minimum absolute atomic E-state index is 0.108. The van der Waals surface area contributed by atoms with Crippen LogP contribution in [0.2, 0.25) is 0 Å². The number of hydrogen-bond acceptors (Lipinski definition) is 4. The summed E-state index contributed by atoms with van der Waals surface area (Å²) in [6, 6.07) is 13.7. The van der Waals surface area contributed by atoms with Gasteiger partial charge in [0.25, 0.3) is 11.5 Å². The van der Waals surface area contributed by atoms with Crippen LogP contribution in [-0.4, -0.2) is 32.4 Å². The summed E-state index contributed by atoms with van der Waals surface area (Å²) in [6.07, 6.45) is 0. The Morgan fingerprint density at radius 1 is 1.21 bits per heavy atom. The fraction of sp³-hybridized carbons (Fsp3) is 0.190. The second-order valence-electron chi connectivity index (χ2n) is 6.76. The first-order valence-corrected chi connectivity index (χ1v) is 9.80. The molecule has 142 valence electrons. The zero-order valence-electron chi connectivity index (χ0n) is 15.9. The number of thiophene rings is 1. The molecule has 4 rings (SSSR count). The molecule has 1 N–H and O–H groups in total. The van der Waals surface area contributed by atoms with E-state index in [1.807, 2.05) is 61.7 Å². The first-order chi connectivity index (χ1) is 13.5. The highest BCUT2D eigenvalue weighted by Crippen LogP contribution is 2.22. The van der Waals surface area contributed by atoms with Gasteiger partial charge in [-0.1, -0.05) is 18.2 Å². The zero-order valence-corrected chi connectivity index (χ0v) is 16.7. The third-order valence-electron chi connectivity index (χ3n) is 4.77. The van der Waals surface area contributed by atoms with Crippen LogP contribution in [0, 0.1) is 13.8 Å². The van der Waals surface area contributed by atoms with E-state index >= 15 is 0 Å². The van der Waals surface area contributed by atoms with Gasteiger partial charge in [0.15, 0.2) is 0 Å². The Morgan fingerprint density at radius 2 is 1.96 bits per heavy atom. The zero-order chi connectivity index (χ0) is 19.8. The normalized spacial score (nSPS) is 11.1. The molecular weight excluding hydrogens is 372 g/mol. The van der Waals surface area contributed by atoms with Gasteiger partial charge in [-0.2, -0.15) is 0 Å². The number of amides is 1. The van der Waals surface area contributed by atoms with Crippen molar-refractivity contribution in [3.63, 3.8) is 0 Å². The molecule has 3 heterocycles. The SMILES string of the molecule is Cc1cc(C(=O)N(C)Cc2nc3ccsc3c(=O)[nH]2)c(C)n1-c1ccccc1. The Bertz CT molecular complexity index is 1220. The van der Waals surface area contributed by atoms with Crippen LogP contribution in [0.3, 0.4) is 0 Å². The molecule has 28 heavy (non-hydrogen) atoms. The molecule has 3 aromatic heterocycles.